The second kappa shape index (κ2) is 10.9. The summed E-state index contributed by atoms with van der Waals surface area (Å²) in [5.41, 5.74) is 6.87. The van der Waals surface area contributed by atoms with Crippen LogP contribution in [0.15, 0.2) is 23.2 Å². The van der Waals surface area contributed by atoms with Gasteiger partial charge in [0.25, 0.3) is 0 Å². The summed E-state index contributed by atoms with van der Waals surface area (Å²) in [5, 5.41) is 4.37. The molecule has 3 N–H and O–H groups in total. The van der Waals surface area contributed by atoms with Crippen LogP contribution in [0.25, 0.3) is 0 Å². The fraction of sp³-hybridized carbons (Fsp3) is 0.611. The summed E-state index contributed by atoms with van der Waals surface area (Å²) in [6.45, 7) is 5.84. The Balaban J connectivity index is 1.63. The van der Waals surface area contributed by atoms with Gasteiger partial charge in [0.15, 0.2) is 5.96 Å². The van der Waals surface area contributed by atoms with Crippen LogP contribution in [-0.4, -0.2) is 38.9 Å². The average Bonchev–Trinajstić information content (AvgIpc) is 2.58. The molecule has 2 rings (SSSR count). The van der Waals surface area contributed by atoms with E-state index in [0.717, 1.165) is 44.6 Å². The first-order valence-electron chi connectivity index (χ1n) is 8.73. The van der Waals surface area contributed by atoms with Gasteiger partial charge in [-0.1, -0.05) is 29.3 Å². The molecule has 140 valence electrons. The van der Waals surface area contributed by atoms with E-state index in [-0.39, 0.29) is 6.04 Å². The van der Waals surface area contributed by atoms with E-state index in [1.165, 1.54) is 0 Å². The number of nitrogens with zero attached hydrogens (tertiary/aromatic N) is 1. The lowest BCUT2D eigenvalue weighted by Crippen LogP contribution is -2.34. The number of ether oxygens (including phenoxy) is 2. The molecular weight excluding hydrogens is 361 g/mol. The number of nitrogens with two attached hydrogens (primary N) is 1. The van der Waals surface area contributed by atoms with Gasteiger partial charge in [0.05, 0.1) is 6.04 Å². The molecule has 25 heavy (non-hydrogen) atoms. The first kappa shape index (κ1) is 20.3. The molecule has 1 fully saturated rings. The topological polar surface area (TPSA) is 68.9 Å². The van der Waals surface area contributed by atoms with Gasteiger partial charge >= 0.3 is 0 Å². The zero-order valence-corrected chi connectivity index (χ0v) is 16.2. The van der Waals surface area contributed by atoms with Crippen LogP contribution in [0.2, 0.25) is 10.0 Å². The van der Waals surface area contributed by atoms with Gasteiger partial charge in [-0.2, -0.15) is 0 Å². The van der Waals surface area contributed by atoms with Crippen LogP contribution >= 0.6 is 23.2 Å². The molecule has 0 radical (unpaired) electrons. The monoisotopic (exact) mass is 387 g/mol. The molecule has 0 bridgehead atoms. The summed E-state index contributed by atoms with van der Waals surface area (Å²) < 4.78 is 11.1. The van der Waals surface area contributed by atoms with Crippen molar-refractivity contribution in [2.75, 3.05) is 33.0 Å². The maximum atomic E-state index is 6.20. The molecule has 1 unspecified atom stereocenters. The SMILES string of the molecule is CC(NC(N)=NCCCOCC1CCOCC1)c1ccc(Cl)cc1Cl. The molecule has 7 heteroatoms. The number of guanidine groups is 1. The van der Waals surface area contributed by atoms with Gasteiger partial charge in [-0.15, -0.1) is 0 Å². The van der Waals surface area contributed by atoms with E-state index in [4.69, 9.17) is 38.4 Å². The lowest BCUT2D eigenvalue weighted by atomic mass is 10.0. The van der Waals surface area contributed by atoms with Crippen LogP contribution < -0.4 is 11.1 Å². The third-order valence-electron chi connectivity index (χ3n) is 4.22. The van der Waals surface area contributed by atoms with Crippen molar-refractivity contribution in [3.63, 3.8) is 0 Å². The van der Waals surface area contributed by atoms with Crippen molar-refractivity contribution in [2.24, 2.45) is 16.6 Å². The van der Waals surface area contributed by atoms with Crippen molar-refractivity contribution in [3.05, 3.63) is 33.8 Å². The van der Waals surface area contributed by atoms with Crippen molar-refractivity contribution in [3.8, 4) is 0 Å². The average molecular weight is 388 g/mol. The Kier molecular flexibility index (Phi) is 8.82. The van der Waals surface area contributed by atoms with E-state index < -0.39 is 0 Å². The predicted octanol–water partition coefficient (Wildman–Crippen LogP) is 3.79. The molecule has 0 spiro atoms. The number of halogens is 2. The molecule has 1 aromatic rings. The first-order chi connectivity index (χ1) is 12.1. The molecule has 0 aliphatic carbocycles. The molecule has 0 saturated carbocycles. The van der Waals surface area contributed by atoms with Crippen LogP contribution in [0, 0.1) is 5.92 Å². The van der Waals surface area contributed by atoms with Gasteiger partial charge in [0.2, 0.25) is 0 Å². The number of benzene rings is 1. The van der Waals surface area contributed by atoms with Gasteiger partial charge in [0, 0.05) is 43.0 Å². The van der Waals surface area contributed by atoms with Gasteiger partial charge in [-0.05, 0) is 49.8 Å². The van der Waals surface area contributed by atoms with Crippen molar-refractivity contribution < 1.29 is 9.47 Å². The fourth-order valence-electron chi connectivity index (χ4n) is 2.73. The van der Waals surface area contributed by atoms with Crippen LogP contribution in [-0.2, 0) is 9.47 Å². The first-order valence-corrected chi connectivity index (χ1v) is 9.48. The van der Waals surface area contributed by atoms with Gasteiger partial charge in [-0.3, -0.25) is 4.99 Å². The molecule has 5 nitrogen and oxygen atoms in total. The minimum atomic E-state index is -0.0433. The summed E-state index contributed by atoms with van der Waals surface area (Å²) >= 11 is 12.1. The Labute approximate surface area is 159 Å². The highest BCUT2D eigenvalue weighted by Crippen LogP contribution is 2.25. The smallest absolute Gasteiger partial charge is 0.189 e. The lowest BCUT2D eigenvalue weighted by molar-refractivity contribution is 0.0205. The quantitative estimate of drug-likeness (QED) is 0.404. The number of nitrogens with one attached hydrogen (secondary N) is 1. The summed E-state index contributed by atoms with van der Waals surface area (Å²) in [4.78, 5) is 4.34. The van der Waals surface area contributed by atoms with E-state index in [1.807, 2.05) is 19.1 Å². The number of rotatable bonds is 8. The Morgan fingerprint density at radius 3 is 2.88 bits per heavy atom. The Morgan fingerprint density at radius 1 is 1.40 bits per heavy atom. The third-order valence-corrected chi connectivity index (χ3v) is 4.78. The second-order valence-electron chi connectivity index (χ2n) is 6.28. The van der Waals surface area contributed by atoms with Gasteiger partial charge < -0.3 is 20.5 Å². The zero-order valence-electron chi connectivity index (χ0n) is 14.6. The highest BCUT2D eigenvalue weighted by atomic mass is 35.5. The summed E-state index contributed by atoms with van der Waals surface area (Å²) in [7, 11) is 0. The maximum absolute atomic E-state index is 6.20. The Hall–Kier alpha value is -1.01. The third kappa shape index (κ3) is 7.40. The van der Waals surface area contributed by atoms with Crippen molar-refractivity contribution in [2.45, 2.75) is 32.2 Å². The summed E-state index contributed by atoms with van der Waals surface area (Å²) in [6, 6.07) is 5.38. The Morgan fingerprint density at radius 2 is 2.16 bits per heavy atom. The molecule has 1 aromatic carbocycles. The molecule has 1 heterocycles. The zero-order chi connectivity index (χ0) is 18.1. The van der Waals surface area contributed by atoms with Gasteiger partial charge in [0.1, 0.15) is 0 Å². The van der Waals surface area contributed by atoms with E-state index in [9.17, 15) is 0 Å². The predicted molar refractivity (Wildman–Crippen MR) is 103 cm³/mol. The van der Waals surface area contributed by atoms with E-state index in [1.54, 1.807) is 6.07 Å². The number of aliphatic imine (C=N–C) groups is 1. The van der Waals surface area contributed by atoms with Crippen molar-refractivity contribution >= 4 is 29.2 Å². The molecule has 0 amide bonds. The molecule has 1 aliphatic rings. The van der Waals surface area contributed by atoms with Crippen molar-refractivity contribution in [1.29, 1.82) is 0 Å². The van der Waals surface area contributed by atoms with Gasteiger partial charge in [-0.25, -0.2) is 0 Å². The molecule has 1 atom stereocenters. The van der Waals surface area contributed by atoms with E-state index in [0.29, 0.717) is 35.1 Å². The standard InChI is InChI=1S/C18H27Cl2N3O2/c1-13(16-4-3-15(19)11-17(16)20)23-18(21)22-7-2-8-25-12-14-5-9-24-10-6-14/h3-4,11,13-14H,2,5-10,12H2,1H3,(H3,21,22,23). The van der Waals surface area contributed by atoms with Crippen LogP contribution in [0.1, 0.15) is 37.8 Å². The number of hydrogen-bond donors (Lipinski definition) is 2. The Bertz CT molecular complexity index is 563. The highest BCUT2D eigenvalue weighted by Gasteiger charge is 2.13. The van der Waals surface area contributed by atoms with Crippen molar-refractivity contribution in [1.82, 2.24) is 5.32 Å². The minimum Gasteiger partial charge on any atom is -0.381 e. The summed E-state index contributed by atoms with van der Waals surface area (Å²) in [6.07, 6.45) is 3.04. The van der Waals surface area contributed by atoms with Crippen LogP contribution in [0.3, 0.4) is 0 Å². The normalized spacial score (nSPS) is 17.5. The summed E-state index contributed by atoms with van der Waals surface area (Å²) in [5.74, 6) is 1.04. The van der Waals surface area contributed by atoms with E-state index in [2.05, 4.69) is 10.3 Å². The minimum absolute atomic E-state index is 0.0433. The molecular formula is C18H27Cl2N3O2. The largest absolute Gasteiger partial charge is 0.381 e. The maximum Gasteiger partial charge on any atom is 0.189 e. The fourth-order valence-corrected chi connectivity index (χ4v) is 3.30. The lowest BCUT2D eigenvalue weighted by Gasteiger charge is -2.21. The highest BCUT2D eigenvalue weighted by molar-refractivity contribution is 6.35. The molecule has 0 aromatic heterocycles. The van der Waals surface area contributed by atoms with Crippen LogP contribution in [0.5, 0.6) is 0 Å². The van der Waals surface area contributed by atoms with Crippen LogP contribution in [0.4, 0.5) is 0 Å². The molecule has 1 aliphatic heterocycles. The second-order valence-corrected chi connectivity index (χ2v) is 7.13. The number of hydrogen-bond acceptors (Lipinski definition) is 3. The van der Waals surface area contributed by atoms with E-state index >= 15 is 0 Å². The molecule has 1 saturated heterocycles.